The fraction of sp³-hybridized carbons (Fsp3) is 0.294. The number of pyridine rings is 1. The summed E-state index contributed by atoms with van der Waals surface area (Å²) in [6, 6.07) is 5.69. The number of aliphatic imine (C=N–C) groups is 1. The van der Waals surface area contributed by atoms with Crippen LogP contribution in [0.4, 0.5) is 13.2 Å². The van der Waals surface area contributed by atoms with Crippen molar-refractivity contribution in [3.63, 3.8) is 0 Å². The Labute approximate surface area is 131 Å². The summed E-state index contributed by atoms with van der Waals surface area (Å²) >= 11 is 0. The van der Waals surface area contributed by atoms with Gasteiger partial charge in [0.25, 0.3) is 0 Å². The maximum atomic E-state index is 13.2. The molecule has 1 aromatic heterocycles. The lowest BCUT2D eigenvalue weighted by Crippen LogP contribution is -2.10. The van der Waals surface area contributed by atoms with E-state index < -0.39 is 11.7 Å². The highest BCUT2D eigenvalue weighted by molar-refractivity contribution is 5.95. The Morgan fingerprint density at radius 3 is 2.65 bits per heavy atom. The van der Waals surface area contributed by atoms with Crippen LogP contribution < -0.4 is 4.74 Å². The molecule has 1 aliphatic rings. The predicted octanol–water partition coefficient (Wildman–Crippen LogP) is 4.49. The molecule has 0 saturated heterocycles. The molecule has 23 heavy (non-hydrogen) atoms. The van der Waals surface area contributed by atoms with E-state index in [1.807, 2.05) is 13.8 Å². The molecule has 0 amide bonds. The minimum atomic E-state index is -4.41. The lowest BCUT2D eigenvalue weighted by molar-refractivity contribution is -0.137. The molecule has 1 aliphatic heterocycles. The lowest BCUT2D eigenvalue weighted by atomic mass is 9.94. The van der Waals surface area contributed by atoms with Crippen LogP contribution in [-0.4, -0.2) is 17.3 Å². The second kappa shape index (κ2) is 5.68. The highest BCUT2D eigenvalue weighted by atomic mass is 19.4. The molecule has 120 valence electrons. The monoisotopic (exact) mass is 320 g/mol. The molecule has 1 aromatic carbocycles. The van der Waals surface area contributed by atoms with Gasteiger partial charge in [0.2, 0.25) is 5.88 Å². The number of fused-ring (bicyclic) bond motifs is 1. The third-order valence-corrected chi connectivity index (χ3v) is 3.48. The van der Waals surface area contributed by atoms with Crippen LogP contribution in [0.15, 0.2) is 35.5 Å². The molecule has 0 spiro atoms. The summed E-state index contributed by atoms with van der Waals surface area (Å²) in [5.41, 5.74) is 1.56. The lowest BCUT2D eigenvalue weighted by Gasteiger charge is -2.16. The zero-order valence-corrected chi connectivity index (χ0v) is 12.7. The fourth-order valence-corrected chi connectivity index (χ4v) is 2.53. The van der Waals surface area contributed by atoms with Crippen LogP contribution in [0.1, 0.15) is 30.5 Å². The second-order valence-corrected chi connectivity index (χ2v) is 5.59. The molecule has 3 rings (SSSR count). The molecule has 0 atom stereocenters. The van der Waals surface area contributed by atoms with E-state index in [-0.39, 0.29) is 12.6 Å². The van der Waals surface area contributed by atoms with E-state index in [0.29, 0.717) is 28.1 Å². The first-order chi connectivity index (χ1) is 10.9. The van der Waals surface area contributed by atoms with Gasteiger partial charge < -0.3 is 4.74 Å². The number of nitrogens with zero attached hydrogens (tertiary/aromatic N) is 2. The summed E-state index contributed by atoms with van der Waals surface area (Å²) in [6.45, 7) is 3.94. The number of hydrogen-bond donors (Lipinski definition) is 0. The van der Waals surface area contributed by atoms with Crippen molar-refractivity contribution in [2.75, 3.05) is 0 Å². The van der Waals surface area contributed by atoms with Gasteiger partial charge in [-0.3, -0.25) is 4.99 Å². The maximum Gasteiger partial charge on any atom is 0.416 e. The Bertz CT molecular complexity index is 767. The van der Waals surface area contributed by atoms with Gasteiger partial charge in [0.05, 0.1) is 18.2 Å². The number of ether oxygens (including phenoxy) is 1. The predicted molar refractivity (Wildman–Crippen MR) is 81.7 cm³/mol. The molecule has 0 bridgehead atoms. The number of aromatic nitrogens is 1. The minimum absolute atomic E-state index is 0.129. The Kier molecular flexibility index (Phi) is 3.83. The minimum Gasteiger partial charge on any atom is -0.475 e. The van der Waals surface area contributed by atoms with Crippen LogP contribution in [0.3, 0.4) is 0 Å². The third kappa shape index (κ3) is 3.06. The number of alkyl halides is 3. The summed E-state index contributed by atoms with van der Waals surface area (Å²) in [7, 11) is 0. The van der Waals surface area contributed by atoms with E-state index in [2.05, 4.69) is 9.98 Å². The molecule has 0 N–H and O–H groups in total. The fourth-order valence-electron chi connectivity index (χ4n) is 2.53. The molecule has 6 heteroatoms. The van der Waals surface area contributed by atoms with E-state index in [1.165, 1.54) is 0 Å². The van der Waals surface area contributed by atoms with Crippen LogP contribution in [0, 0.1) is 0 Å². The van der Waals surface area contributed by atoms with Gasteiger partial charge in [0.1, 0.15) is 0 Å². The molecule has 0 aliphatic carbocycles. The van der Waals surface area contributed by atoms with Gasteiger partial charge in [0, 0.05) is 23.5 Å². The first-order valence-corrected chi connectivity index (χ1v) is 7.22. The Morgan fingerprint density at radius 2 is 1.96 bits per heavy atom. The molecular weight excluding hydrogens is 305 g/mol. The van der Waals surface area contributed by atoms with Crippen molar-refractivity contribution in [2.24, 2.45) is 4.99 Å². The van der Waals surface area contributed by atoms with Gasteiger partial charge in [-0.1, -0.05) is 0 Å². The quantitative estimate of drug-likeness (QED) is 0.835. The maximum absolute atomic E-state index is 13.2. The molecule has 0 radical (unpaired) electrons. The largest absolute Gasteiger partial charge is 0.475 e. The summed E-state index contributed by atoms with van der Waals surface area (Å²) in [5, 5.41) is 0. The molecule has 0 unspecified atom stereocenters. The smallest absolute Gasteiger partial charge is 0.416 e. The summed E-state index contributed by atoms with van der Waals surface area (Å²) in [6.07, 6.45) is -1.37. The van der Waals surface area contributed by atoms with Crippen molar-refractivity contribution in [3.8, 4) is 17.0 Å². The van der Waals surface area contributed by atoms with E-state index in [0.717, 1.165) is 12.1 Å². The van der Waals surface area contributed by atoms with Crippen LogP contribution >= 0.6 is 0 Å². The van der Waals surface area contributed by atoms with Gasteiger partial charge in [-0.15, -0.1) is 0 Å². The van der Waals surface area contributed by atoms with Crippen LogP contribution in [0.25, 0.3) is 11.1 Å². The zero-order chi connectivity index (χ0) is 16.6. The normalized spacial score (nSPS) is 13.5. The Hall–Kier alpha value is -2.37. The SMILES string of the molecule is CC(C)Oc1ncccc1-c1cc(C(F)(F)F)cc2c1C=NC2. The van der Waals surface area contributed by atoms with Gasteiger partial charge >= 0.3 is 6.18 Å². The van der Waals surface area contributed by atoms with Crippen molar-refractivity contribution in [2.45, 2.75) is 32.7 Å². The molecule has 2 aromatic rings. The second-order valence-electron chi connectivity index (χ2n) is 5.59. The first-order valence-electron chi connectivity index (χ1n) is 7.22. The van der Waals surface area contributed by atoms with Gasteiger partial charge in [-0.2, -0.15) is 13.2 Å². The van der Waals surface area contributed by atoms with E-state index in [4.69, 9.17) is 4.74 Å². The Balaban J connectivity index is 2.20. The topological polar surface area (TPSA) is 34.5 Å². The van der Waals surface area contributed by atoms with Crippen molar-refractivity contribution >= 4 is 6.21 Å². The summed E-state index contributed by atoms with van der Waals surface area (Å²) < 4.78 is 45.2. The van der Waals surface area contributed by atoms with Gasteiger partial charge in [-0.05, 0) is 49.2 Å². The highest BCUT2D eigenvalue weighted by Gasteiger charge is 2.33. The first kappa shape index (κ1) is 15.5. The van der Waals surface area contributed by atoms with E-state index in [1.54, 1.807) is 24.5 Å². The average molecular weight is 320 g/mol. The van der Waals surface area contributed by atoms with Gasteiger partial charge in [-0.25, -0.2) is 4.98 Å². The van der Waals surface area contributed by atoms with Crippen LogP contribution in [0.2, 0.25) is 0 Å². The summed E-state index contributed by atoms with van der Waals surface area (Å²) in [4.78, 5) is 8.26. The zero-order valence-electron chi connectivity index (χ0n) is 12.7. The third-order valence-electron chi connectivity index (χ3n) is 3.48. The van der Waals surface area contributed by atoms with Crippen molar-refractivity contribution in [3.05, 3.63) is 47.2 Å². The van der Waals surface area contributed by atoms with Crippen LogP contribution in [-0.2, 0) is 12.7 Å². The van der Waals surface area contributed by atoms with Crippen LogP contribution in [0.5, 0.6) is 5.88 Å². The molecule has 2 heterocycles. The number of rotatable bonds is 3. The molecule has 0 saturated carbocycles. The van der Waals surface area contributed by atoms with Crippen molar-refractivity contribution in [1.29, 1.82) is 0 Å². The number of halogens is 3. The van der Waals surface area contributed by atoms with Gasteiger partial charge in [0.15, 0.2) is 0 Å². The number of benzene rings is 1. The standard InChI is InChI=1S/C17H15F3N2O/c1-10(2)23-16-13(4-3-5-22-16)14-7-12(17(18,19)20)6-11-8-21-9-15(11)14/h3-7,9-10H,8H2,1-2H3. The summed E-state index contributed by atoms with van der Waals surface area (Å²) in [5.74, 6) is 0.323. The Morgan fingerprint density at radius 1 is 1.17 bits per heavy atom. The molecule has 0 fully saturated rings. The molecule has 3 nitrogen and oxygen atoms in total. The highest BCUT2D eigenvalue weighted by Crippen LogP contribution is 2.39. The molecular formula is C17H15F3N2O. The van der Waals surface area contributed by atoms with E-state index >= 15 is 0 Å². The van der Waals surface area contributed by atoms with E-state index in [9.17, 15) is 13.2 Å². The van der Waals surface area contributed by atoms with Crippen molar-refractivity contribution < 1.29 is 17.9 Å². The van der Waals surface area contributed by atoms with Crippen molar-refractivity contribution in [1.82, 2.24) is 4.98 Å². The average Bonchev–Trinajstić information content (AvgIpc) is 2.93. The number of hydrogen-bond acceptors (Lipinski definition) is 3.